The number of likely N-dealkylation sites (tertiary alicyclic amines) is 1. The maximum absolute atomic E-state index is 13.7. The van der Waals surface area contributed by atoms with E-state index in [0.29, 0.717) is 18.4 Å². The van der Waals surface area contributed by atoms with Crippen molar-refractivity contribution >= 4 is 11.6 Å². The molecule has 2 aliphatic rings. The number of hydrogen-bond acceptors (Lipinski definition) is 3. The summed E-state index contributed by atoms with van der Waals surface area (Å²) in [5.74, 6) is -1.19. The molecule has 1 unspecified atom stereocenters. The van der Waals surface area contributed by atoms with Gasteiger partial charge in [-0.05, 0) is 56.3 Å². The number of piperidine rings is 1. The van der Waals surface area contributed by atoms with Crippen LogP contribution in [-0.4, -0.2) is 43.2 Å². The zero-order chi connectivity index (χ0) is 19.4. The minimum atomic E-state index is -4.75. The van der Waals surface area contributed by atoms with Crippen LogP contribution in [0.4, 0.5) is 23.2 Å². The van der Waals surface area contributed by atoms with Gasteiger partial charge in [0.25, 0.3) is 0 Å². The second-order valence-electron chi connectivity index (χ2n) is 7.24. The van der Waals surface area contributed by atoms with E-state index in [-0.39, 0.29) is 17.6 Å². The Morgan fingerprint density at radius 2 is 1.93 bits per heavy atom. The van der Waals surface area contributed by atoms with E-state index in [1.54, 1.807) is 0 Å². The van der Waals surface area contributed by atoms with E-state index in [1.807, 2.05) is 0 Å². The summed E-state index contributed by atoms with van der Waals surface area (Å²) in [7, 11) is 0. The molecule has 0 aromatic heterocycles. The molecule has 3 rings (SSSR count). The number of halogens is 4. The number of hydrogen-bond donors (Lipinski definition) is 1. The molecular weight excluding hydrogens is 364 g/mol. The van der Waals surface area contributed by atoms with Gasteiger partial charge in [-0.3, -0.25) is 9.69 Å². The fourth-order valence-electron chi connectivity index (χ4n) is 3.82. The van der Waals surface area contributed by atoms with Crippen molar-refractivity contribution in [3.05, 3.63) is 29.6 Å². The first-order valence-electron chi connectivity index (χ1n) is 9.34. The molecule has 1 amide bonds. The quantitative estimate of drug-likeness (QED) is 0.791. The van der Waals surface area contributed by atoms with Crippen molar-refractivity contribution in [2.24, 2.45) is 5.92 Å². The lowest BCUT2D eigenvalue weighted by atomic mass is 9.95. The SMILES string of the molecule is O=C(Nc1ccc(C(F)(F)F)c(F)c1)C1CCCCN1CC1CCOCC1. The van der Waals surface area contributed by atoms with Gasteiger partial charge < -0.3 is 10.1 Å². The molecule has 4 nitrogen and oxygen atoms in total. The molecule has 0 spiro atoms. The van der Waals surface area contributed by atoms with E-state index in [4.69, 9.17) is 4.74 Å². The molecule has 0 saturated carbocycles. The van der Waals surface area contributed by atoms with Crippen LogP contribution in [0.15, 0.2) is 18.2 Å². The molecule has 0 radical (unpaired) electrons. The monoisotopic (exact) mass is 388 g/mol. The Morgan fingerprint density at radius 1 is 1.19 bits per heavy atom. The number of anilines is 1. The summed E-state index contributed by atoms with van der Waals surface area (Å²) in [5, 5.41) is 2.59. The molecule has 0 bridgehead atoms. The summed E-state index contributed by atoms with van der Waals surface area (Å²) in [4.78, 5) is 14.8. The van der Waals surface area contributed by atoms with E-state index in [1.165, 1.54) is 0 Å². The number of amides is 1. The lowest BCUT2D eigenvalue weighted by Crippen LogP contribution is -2.49. The highest BCUT2D eigenvalue weighted by atomic mass is 19.4. The fraction of sp³-hybridized carbons (Fsp3) is 0.632. The van der Waals surface area contributed by atoms with Crippen molar-refractivity contribution in [2.75, 3.05) is 31.6 Å². The molecule has 1 aromatic carbocycles. The van der Waals surface area contributed by atoms with Gasteiger partial charge >= 0.3 is 6.18 Å². The molecule has 1 N–H and O–H groups in total. The Morgan fingerprint density at radius 3 is 2.59 bits per heavy atom. The summed E-state index contributed by atoms with van der Waals surface area (Å²) in [6.45, 7) is 3.10. The van der Waals surface area contributed by atoms with Crippen molar-refractivity contribution < 1.29 is 27.1 Å². The van der Waals surface area contributed by atoms with Gasteiger partial charge in [-0.1, -0.05) is 6.42 Å². The largest absolute Gasteiger partial charge is 0.419 e. The smallest absolute Gasteiger partial charge is 0.381 e. The molecule has 2 heterocycles. The topological polar surface area (TPSA) is 41.6 Å². The second-order valence-corrected chi connectivity index (χ2v) is 7.24. The molecule has 1 aromatic rings. The maximum atomic E-state index is 13.7. The van der Waals surface area contributed by atoms with E-state index in [9.17, 15) is 22.4 Å². The fourth-order valence-corrected chi connectivity index (χ4v) is 3.82. The number of alkyl halides is 3. The van der Waals surface area contributed by atoms with Crippen LogP contribution >= 0.6 is 0 Å². The van der Waals surface area contributed by atoms with E-state index in [2.05, 4.69) is 10.2 Å². The van der Waals surface area contributed by atoms with Crippen LogP contribution in [0.1, 0.15) is 37.7 Å². The van der Waals surface area contributed by atoms with Crippen LogP contribution in [0.25, 0.3) is 0 Å². The molecule has 27 heavy (non-hydrogen) atoms. The number of benzene rings is 1. The normalized spacial score (nSPS) is 22.6. The van der Waals surface area contributed by atoms with Gasteiger partial charge in [0.15, 0.2) is 0 Å². The molecule has 2 saturated heterocycles. The standard InChI is InChI=1S/C19H24F4N2O2/c20-16-11-14(4-5-15(16)19(21,22)23)24-18(26)17-3-1-2-8-25(17)12-13-6-9-27-10-7-13/h4-5,11,13,17H,1-3,6-10,12H2,(H,24,26). The zero-order valence-corrected chi connectivity index (χ0v) is 15.0. The average molecular weight is 388 g/mol. The predicted octanol–water partition coefficient (Wildman–Crippen LogP) is 4.06. The predicted molar refractivity (Wildman–Crippen MR) is 92.8 cm³/mol. The maximum Gasteiger partial charge on any atom is 0.419 e. The average Bonchev–Trinajstić information content (AvgIpc) is 2.62. The molecule has 1 atom stereocenters. The number of rotatable bonds is 4. The molecular formula is C19H24F4N2O2. The minimum Gasteiger partial charge on any atom is -0.381 e. The van der Waals surface area contributed by atoms with E-state index in [0.717, 1.165) is 64.1 Å². The van der Waals surface area contributed by atoms with Crippen molar-refractivity contribution in [2.45, 2.75) is 44.3 Å². The molecule has 2 fully saturated rings. The number of nitrogens with zero attached hydrogens (tertiary/aromatic N) is 1. The first-order chi connectivity index (χ1) is 12.8. The first kappa shape index (κ1) is 20.1. The zero-order valence-electron chi connectivity index (χ0n) is 15.0. The van der Waals surface area contributed by atoms with Gasteiger partial charge in [-0.2, -0.15) is 13.2 Å². The summed E-state index contributed by atoms with van der Waals surface area (Å²) in [6.07, 6.45) is -0.190. The lowest BCUT2D eigenvalue weighted by Gasteiger charge is -2.37. The highest BCUT2D eigenvalue weighted by Crippen LogP contribution is 2.32. The van der Waals surface area contributed by atoms with Gasteiger partial charge in [-0.25, -0.2) is 4.39 Å². The summed E-state index contributed by atoms with van der Waals surface area (Å²) < 4.78 is 57.1. The van der Waals surface area contributed by atoms with Gasteiger partial charge in [0.05, 0.1) is 11.6 Å². The van der Waals surface area contributed by atoms with Crippen molar-refractivity contribution in [3.63, 3.8) is 0 Å². The van der Waals surface area contributed by atoms with Crippen LogP contribution in [-0.2, 0) is 15.7 Å². The number of carbonyl (C=O) groups is 1. The minimum absolute atomic E-state index is 0.0436. The van der Waals surface area contributed by atoms with Crippen molar-refractivity contribution in [3.8, 4) is 0 Å². The second kappa shape index (κ2) is 8.56. The molecule has 8 heteroatoms. The molecule has 2 aliphatic heterocycles. The highest BCUT2D eigenvalue weighted by Gasteiger charge is 2.34. The third-order valence-corrected chi connectivity index (χ3v) is 5.29. The van der Waals surface area contributed by atoms with Gasteiger partial charge in [0.1, 0.15) is 5.82 Å². The van der Waals surface area contributed by atoms with Crippen LogP contribution in [0.2, 0.25) is 0 Å². The third-order valence-electron chi connectivity index (χ3n) is 5.29. The number of carbonyl (C=O) groups excluding carboxylic acids is 1. The third kappa shape index (κ3) is 5.19. The number of nitrogens with one attached hydrogen (secondary N) is 1. The van der Waals surface area contributed by atoms with Crippen molar-refractivity contribution in [1.82, 2.24) is 4.90 Å². The number of ether oxygens (including phenoxy) is 1. The Bertz CT molecular complexity index is 660. The highest BCUT2D eigenvalue weighted by molar-refractivity contribution is 5.94. The van der Waals surface area contributed by atoms with Crippen LogP contribution in [0.3, 0.4) is 0 Å². The van der Waals surface area contributed by atoms with Gasteiger partial charge in [-0.15, -0.1) is 0 Å². The van der Waals surface area contributed by atoms with Crippen molar-refractivity contribution in [1.29, 1.82) is 0 Å². The van der Waals surface area contributed by atoms with Gasteiger partial charge in [0.2, 0.25) is 5.91 Å². The van der Waals surface area contributed by atoms with E-state index < -0.39 is 17.6 Å². The molecule has 150 valence electrons. The van der Waals surface area contributed by atoms with Crippen LogP contribution in [0, 0.1) is 11.7 Å². The Labute approximate surface area is 155 Å². The Balaban J connectivity index is 1.65. The van der Waals surface area contributed by atoms with Gasteiger partial charge in [0, 0.05) is 25.4 Å². The van der Waals surface area contributed by atoms with Crippen LogP contribution < -0.4 is 5.32 Å². The van der Waals surface area contributed by atoms with E-state index >= 15 is 0 Å². The Hall–Kier alpha value is -1.67. The summed E-state index contributed by atoms with van der Waals surface area (Å²) in [5.41, 5.74) is -1.29. The Kier molecular flexibility index (Phi) is 6.37. The summed E-state index contributed by atoms with van der Waals surface area (Å²) in [6, 6.07) is 2.14. The molecule has 0 aliphatic carbocycles. The summed E-state index contributed by atoms with van der Waals surface area (Å²) >= 11 is 0. The first-order valence-corrected chi connectivity index (χ1v) is 9.34. The lowest BCUT2D eigenvalue weighted by molar-refractivity contribution is -0.140. The van der Waals surface area contributed by atoms with Crippen LogP contribution in [0.5, 0.6) is 0 Å².